The third kappa shape index (κ3) is 4.32. The van der Waals surface area contributed by atoms with Crippen LogP contribution in [0.4, 0.5) is 5.69 Å². The Labute approximate surface area is 164 Å². The first-order valence-electron chi connectivity index (χ1n) is 8.68. The third-order valence-electron chi connectivity index (χ3n) is 5.13. The van der Waals surface area contributed by atoms with Gasteiger partial charge in [-0.2, -0.15) is 0 Å². The second kappa shape index (κ2) is 8.28. The van der Waals surface area contributed by atoms with Crippen molar-refractivity contribution in [3.8, 4) is 0 Å². The van der Waals surface area contributed by atoms with Crippen molar-refractivity contribution in [3.05, 3.63) is 50.1 Å². The SMILES string of the molecule is C[C@H](NC[C@H]1CCCN(C)[C@H]1c1cccs1)c1cc(Cl)c(N)c(Cl)c1. The zero-order valence-corrected chi connectivity index (χ0v) is 17.0. The first kappa shape index (κ1) is 19.0. The number of nitrogen functional groups attached to an aromatic ring is 1. The summed E-state index contributed by atoms with van der Waals surface area (Å²) >= 11 is 14.2. The van der Waals surface area contributed by atoms with Gasteiger partial charge >= 0.3 is 0 Å². The van der Waals surface area contributed by atoms with Gasteiger partial charge in [0.25, 0.3) is 0 Å². The molecule has 0 radical (unpaired) electrons. The Morgan fingerprint density at radius 1 is 1.36 bits per heavy atom. The van der Waals surface area contributed by atoms with Crippen LogP contribution < -0.4 is 11.1 Å². The molecule has 0 bridgehead atoms. The van der Waals surface area contributed by atoms with Gasteiger partial charge in [-0.3, -0.25) is 4.90 Å². The lowest BCUT2D eigenvalue weighted by Crippen LogP contribution is -2.40. The third-order valence-corrected chi connectivity index (χ3v) is 6.70. The molecule has 1 aromatic heterocycles. The van der Waals surface area contributed by atoms with Crippen LogP contribution in [0.15, 0.2) is 29.6 Å². The van der Waals surface area contributed by atoms with Crippen molar-refractivity contribution in [2.75, 3.05) is 25.9 Å². The van der Waals surface area contributed by atoms with Crippen LogP contribution in [0.1, 0.15) is 42.3 Å². The summed E-state index contributed by atoms with van der Waals surface area (Å²) in [6.45, 7) is 4.27. The van der Waals surface area contributed by atoms with Gasteiger partial charge in [0.05, 0.1) is 15.7 Å². The molecule has 3 rings (SSSR count). The zero-order valence-electron chi connectivity index (χ0n) is 14.6. The first-order chi connectivity index (χ1) is 12.0. The molecule has 1 aliphatic rings. The molecule has 0 spiro atoms. The highest BCUT2D eigenvalue weighted by atomic mass is 35.5. The Hall–Kier alpha value is -0.780. The number of nitrogens with two attached hydrogens (primary N) is 1. The van der Waals surface area contributed by atoms with E-state index >= 15 is 0 Å². The molecule has 2 heterocycles. The predicted octanol–water partition coefficient (Wildman–Crippen LogP) is 5.37. The smallest absolute Gasteiger partial charge is 0.0693 e. The van der Waals surface area contributed by atoms with Gasteiger partial charge in [0.1, 0.15) is 0 Å². The molecule has 3 atom stereocenters. The van der Waals surface area contributed by atoms with E-state index in [2.05, 4.69) is 41.7 Å². The van der Waals surface area contributed by atoms with Crippen molar-refractivity contribution in [1.29, 1.82) is 0 Å². The molecule has 3 nitrogen and oxygen atoms in total. The van der Waals surface area contributed by atoms with E-state index in [-0.39, 0.29) is 6.04 Å². The molecule has 1 aliphatic heterocycles. The fraction of sp³-hybridized carbons (Fsp3) is 0.474. The lowest BCUT2D eigenvalue weighted by Gasteiger charge is -2.39. The molecular weight excluding hydrogens is 373 g/mol. The van der Waals surface area contributed by atoms with Crippen LogP contribution in [0, 0.1) is 5.92 Å². The normalized spacial score (nSPS) is 22.9. The van der Waals surface area contributed by atoms with E-state index in [4.69, 9.17) is 28.9 Å². The molecule has 6 heteroatoms. The van der Waals surface area contributed by atoms with Crippen molar-refractivity contribution >= 4 is 40.2 Å². The topological polar surface area (TPSA) is 41.3 Å². The van der Waals surface area contributed by atoms with Crippen molar-refractivity contribution in [1.82, 2.24) is 10.2 Å². The summed E-state index contributed by atoms with van der Waals surface area (Å²) in [4.78, 5) is 3.95. The molecule has 1 saturated heterocycles. The van der Waals surface area contributed by atoms with E-state index < -0.39 is 0 Å². The number of nitrogens with zero attached hydrogens (tertiary/aromatic N) is 1. The Kier molecular flexibility index (Phi) is 6.29. The van der Waals surface area contributed by atoms with Gasteiger partial charge in [0.2, 0.25) is 0 Å². The first-order valence-corrected chi connectivity index (χ1v) is 10.3. The summed E-state index contributed by atoms with van der Waals surface area (Å²) in [7, 11) is 2.24. The molecule has 0 aliphatic carbocycles. The second-order valence-electron chi connectivity index (χ2n) is 6.87. The van der Waals surface area contributed by atoms with Crippen molar-refractivity contribution in [2.24, 2.45) is 5.92 Å². The maximum Gasteiger partial charge on any atom is 0.0693 e. The number of halogens is 2. The van der Waals surface area contributed by atoms with E-state index in [1.807, 2.05) is 23.5 Å². The fourth-order valence-electron chi connectivity index (χ4n) is 3.68. The fourth-order valence-corrected chi connectivity index (χ4v) is 5.17. The van der Waals surface area contributed by atoms with Crippen LogP contribution in [-0.2, 0) is 0 Å². The van der Waals surface area contributed by atoms with Crippen LogP contribution in [0.25, 0.3) is 0 Å². The van der Waals surface area contributed by atoms with E-state index in [1.54, 1.807) is 0 Å². The highest BCUT2D eigenvalue weighted by molar-refractivity contribution is 7.10. The Morgan fingerprint density at radius 3 is 2.72 bits per heavy atom. The van der Waals surface area contributed by atoms with Gasteiger partial charge in [-0.25, -0.2) is 0 Å². The van der Waals surface area contributed by atoms with Gasteiger partial charge in [-0.1, -0.05) is 29.3 Å². The molecule has 0 saturated carbocycles. The minimum Gasteiger partial charge on any atom is -0.396 e. The maximum absolute atomic E-state index is 6.18. The molecule has 25 heavy (non-hydrogen) atoms. The van der Waals surface area contributed by atoms with E-state index in [9.17, 15) is 0 Å². The molecule has 2 aromatic rings. The molecule has 0 unspecified atom stereocenters. The molecule has 1 fully saturated rings. The highest BCUT2D eigenvalue weighted by Gasteiger charge is 2.31. The Bertz CT molecular complexity index is 682. The van der Waals surface area contributed by atoms with Crippen molar-refractivity contribution < 1.29 is 0 Å². The minimum atomic E-state index is 0.173. The Balaban J connectivity index is 1.69. The van der Waals surface area contributed by atoms with Gasteiger partial charge in [0.15, 0.2) is 0 Å². The molecule has 1 aromatic carbocycles. The van der Waals surface area contributed by atoms with Crippen molar-refractivity contribution in [2.45, 2.75) is 31.8 Å². The molecule has 136 valence electrons. The maximum atomic E-state index is 6.18. The number of hydrogen-bond acceptors (Lipinski definition) is 4. The number of piperidine rings is 1. The summed E-state index contributed by atoms with van der Waals surface area (Å²) in [5, 5.41) is 6.88. The zero-order chi connectivity index (χ0) is 18.0. The van der Waals surface area contributed by atoms with Crippen LogP contribution in [0.5, 0.6) is 0 Å². The monoisotopic (exact) mass is 397 g/mol. The Morgan fingerprint density at radius 2 is 2.08 bits per heavy atom. The average molecular weight is 398 g/mol. The van der Waals surface area contributed by atoms with Crippen LogP contribution in [-0.4, -0.2) is 25.0 Å². The average Bonchev–Trinajstić information content (AvgIpc) is 3.11. The number of rotatable bonds is 5. The summed E-state index contributed by atoms with van der Waals surface area (Å²) in [6, 6.07) is 8.88. The standard InChI is InChI=1S/C19H25Cl2N3S/c1-12(14-9-15(20)18(22)16(21)10-14)23-11-13-5-3-7-24(2)19(13)17-6-4-8-25-17/h4,6,8-10,12-13,19,23H,3,5,7,11,22H2,1-2H3/t12-,13+,19+/m0/s1. The predicted molar refractivity (Wildman–Crippen MR) is 110 cm³/mol. The largest absolute Gasteiger partial charge is 0.396 e. The minimum absolute atomic E-state index is 0.173. The van der Waals surface area contributed by atoms with Gasteiger partial charge in [0, 0.05) is 23.5 Å². The number of hydrogen-bond donors (Lipinski definition) is 2. The van der Waals surface area contributed by atoms with Gasteiger partial charge in [-0.15, -0.1) is 11.3 Å². The molecule has 0 amide bonds. The van der Waals surface area contributed by atoms with E-state index in [0.717, 1.165) is 18.7 Å². The number of nitrogens with one attached hydrogen (secondary N) is 1. The second-order valence-corrected chi connectivity index (χ2v) is 8.67. The lowest BCUT2D eigenvalue weighted by molar-refractivity contribution is 0.120. The van der Waals surface area contributed by atoms with E-state index in [1.165, 1.54) is 17.7 Å². The number of benzene rings is 1. The molecule has 3 N–H and O–H groups in total. The quantitative estimate of drug-likeness (QED) is 0.666. The molecular formula is C19H25Cl2N3S. The van der Waals surface area contributed by atoms with Crippen LogP contribution >= 0.6 is 34.5 Å². The summed E-state index contributed by atoms with van der Waals surface area (Å²) in [5.74, 6) is 0.597. The van der Waals surface area contributed by atoms with Gasteiger partial charge in [-0.05, 0) is 68.4 Å². The summed E-state index contributed by atoms with van der Waals surface area (Å²) < 4.78 is 0. The van der Waals surface area contributed by atoms with E-state index in [0.29, 0.717) is 27.7 Å². The number of anilines is 1. The summed E-state index contributed by atoms with van der Waals surface area (Å²) in [5.41, 5.74) is 7.36. The van der Waals surface area contributed by atoms with Crippen LogP contribution in [0.2, 0.25) is 10.0 Å². The van der Waals surface area contributed by atoms with Crippen molar-refractivity contribution in [3.63, 3.8) is 0 Å². The van der Waals surface area contributed by atoms with Gasteiger partial charge < -0.3 is 11.1 Å². The highest BCUT2D eigenvalue weighted by Crippen LogP contribution is 2.37. The van der Waals surface area contributed by atoms with Crippen LogP contribution in [0.3, 0.4) is 0 Å². The number of likely N-dealkylation sites (tertiary alicyclic amines) is 1. The lowest BCUT2D eigenvalue weighted by atomic mass is 9.88. The summed E-state index contributed by atoms with van der Waals surface area (Å²) in [6.07, 6.45) is 2.49. The number of thiophene rings is 1.